The average molecular weight is 304 g/mol. The largest absolute Gasteiger partial charge is 0.387 e. The molecule has 0 aliphatic rings. The molecule has 1 heterocycles. The molecule has 3 nitrogen and oxygen atoms in total. The lowest BCUT2D eigenvalue weighted by molar-refractivity contribution is 0.174. The third-order valence-corrected chi connectivity index (χ3v) is 4.27. The predicted octanol–water partition coefficient (Wildman–Crippen LogP) is 3.47. The van der Waals surface area contributed by atoms with E-state index in [0.29, 0.717) is 12.5 Å². The highest BCUT2D eigenvalue weighted by atomic mass is 32.1. The Labute approximate surface area is 131 Å². The van der Waals surface area contributed by atoms with Crippen LogP contribution >= 0.6 is 11.3 Å². The van der Waals surface area contributed by atoms with Crippen molar-refractivity contribution in [2.45, 2.75) is 39.8 Å². The van der Waals surface area contributed by atoms with E-state index in [9.17, 15) is 5.11 Å². The predicted molar refractivity (Wildman–Crippen MR) is 88.5 cm³/mol. The molecule has 0 saturated carbocycles. The Balaban J connectivity index is 1.80. The Morgan fingerprint density at radius 1 is 1.33 bits per heavy atom. The van der Waals surface area contributed by atoms with Gasteiger partial charge in [-0.2, -0.15) is 0 Å². The topological polar surface area (TPSA) is 45.1 Å². The summed E-state index contributed by atoms with van der Waals surface area (Å²) in [4.78, 5) is 5.66. The van der Waals surface area contributed by atoms with Gasteiger partial charge in [0.05, 0.1) is 11.1 Å². The van der Waals surface area contributed by atoms with Crippen molar-refractivity contribution < 1.29 is 5.11 Å². The Morgan fingerprint density at radius 3 is 2.86 bits per heavy atom. The van der Waals surface area contributed by atoms with Crippen molar-refractivity contribution in [2.24, 2.45) is 5.92 Å². The van der Waals surface area contributed by atoms with Gasteiger partial charge in [-0.3, -0.25) is 0 Å². The zero-order valence-corrected chi connectivity index (χ0v) is 13.8. The fraction of sp³-hybridized carbons (Fsp3) is 0.471. The van der Waals surface area contributed by atoms with E-state index < -0.39 is 6.10 Å². The number of benzene rings is 1. The van der Waals surface area contributed by atoms with Crippen molar-refractivity contribution in [1.82, 2.24) is 10.3 Å². The molecule has 1 atom stereocenters. The Hall–Kier alpha value is -1.23. The highest BCUT2D eigenvalue weighted by Crippen LogP contribution is 2.17. The Kier molecular flexibility index (Phi) is 5.91. The molecule has 0 bridgehead atoms. The number of thiazole rings is 1. The molecule has 1 unspecified atom stereocenters. The molecule has 2 rings (SSSR count). The van der Waals surface area contributed by atoms with Crippen molar-refractivity contribution in [1.29, 1.82) is 0 Å². The van der Waals surface area contributed by atoms with Crippen LogP contribution in [0.4, 0.5) is 0 Å². The van der Waals surface area contributed by atoms with Gasteiger partial charge in [0.15, 0.2) is 0 Å². The molecular formula is C17H24N2OS. The van der Waals surface area contributed by atoms with E-state index in [1.54, 1.807) is 11.3 Å². The number of aromatic nitrogens is 1. The summed E-state index contributed by atoms with van der Waals surface area (Å²) in [6.07, 6.45) is 2.51. The molecular weight excluding hydrogens is 280 g/mol. The third kappa shape index (κ3) is 5.23. The van der Waals surface area contributed by atoms with Gasteiger partial charge in [0, 0.05) is 30.6 Å². The molecule has 2 aromatic rings. The second-order valence-corrected chi connectivity index (χ2v) is 7.08. The molecule has 0 spiro atoms. The fourth-order valence-electron chi connectivity index (χ4n) is 2.20. The normalized spacial score (nSPS) is 12.8. The van der Waals surface area contributed by atoms with Crippen LogP contribution in [-0.4, -0.2) is 16.6 Å². The van der Waals surface area contributed by atoms with E-state index in [1.165, 1.54) is 15.4 Å². The minimum atomic E-state index is -0.465. The molecule has 0 aliphatic carbocycles. The zero-order valence-electron chi connectivity index (χ0n) is 13.0. The number of aliphatic hydroxyl groups is 1. The molecule has 21 heavy (non-hydrogen) atoms. The van der Waals surface area contributed by atoms with Gasteiger partial charge < -0.3 is 10.4 Å². The van der Waals surface area contributed by atoms with E-state index in [-0.39, 0.29) is 0 Å². The summed E-state index contributed by atoms with van der Waals surface area (Å²) in [6, 6.07) is 8.01. The monoisotopic (exact) mass is 304 g/mol. The van der Waals surface area contributed by atoms with E-state index in [4.69, 9.17) is 0 Å². The summed E-state index contributed by atoms with van der Waals surface area (Å²) in [5.74, 6) is 0.639. The molecule has 1 aromatic heterocycles. The quantitative estimate of drug-likeness (QED) is 0.823. The molecule has 0 amide bonds. The number of nitrogens with one attached hydrogen (secondary N) is 1. The average Bonchev–Trinajstić information content (AvgIpc) is 2.85. The molecule has 2 N–H and O–H groups in total. The summed E-state index contributed by atoms with van der Waals surface area (Å²) in [7, 11) is 0. The van der Waals surface area contributed by atoms with Gasteiger partial charge >= 0.3 is 0 Å². The van der Waals surface area contributed by atoms with Crippen LogP contribution in [0.2, 0.25) is 0 Å². The first-order valence-corrected chi connectivity index (χ1v) is 8.25. The smallest absolute Gasteiger partial charge is 0.0930 e. The number of hydrogen-bond donors (Lipinski definition) is 2. The second-order valence-electron chi connectivity index (χ2n) is 5.88. The minimum absolute atomic E-state index is 0.465. The Bertz CT molecular complexity index is 565. The summed E-state index contributed by atoms with van der Waals surface area (Å²) in [5.41, 5.74) is 2.14. The van der Waals surface area contributed by atoms with Crippen molar-refractivity contribution in [3.63, 3.8) is 0 Å². The van der Waals surface area contributed by atoms with Gasteiger partial charge in [-0.05, 0) is 18.4 Å². The van der Waals surface area contributed by atoms with Gasteiger partial charge in [-0.1, -0.05) is 43.7 Å². The first-order valence-electron chi connectivity index (χ1n) is 7.43. The molecule has 1 aromatic carbocycles. The lowest BCUT2D eigenvalue weighted by Crippen LogP contribution is -2.20. The van der Waals surface area contributed by atoms with Crippen molar-refractivity contribution in [2.75, 3.05) is 6.54 Å². The number of hydrogen-bond acceptors (Lipinski definition) is 4. The van der Waals surface area contributed by atoms with Gasteiger partial charge in [-0.25, -0.2) is 4.98 Å². The van der Waals surface area contributed by atoms with Crippen molar-refractivity contribution >= 4 is 11.3 Å². The lowest BCUT2D eigenvalue weighted by Gasteiger charge is -2.12. The molecule has 0 fully saturated rings. The number of rotatable bonds is 7. The number of aryl methyl sites for hydroxylation is 1. The maximum Gasteiger partial charge on any atom is 0.0930 e. The number of nitrogens with zero attached hydrogens (tertiary/aromatic N) is 1. The summed E-state index contributed by atoms with van der Waals surface area (Å²) >= 11 is 1.76. The van der Waals surface area contributed by atoms with E-state index in [2.05, 4.69) is 24.1 Å². The fourth-order valence-corrected chi connectivity index (χ4v) is 3.31. The maximum atomic E-state index is 10.2. The van der Waals surface area contributed by atoms with E-state index in [1.807, 2.05) is 37.4 Å². The van der Waals surface area contributed by atoms with Crippen molar-refractivity contribution in [3.05, 3.63) is 51.5 Å². The van der Waals surface area contributed by atoms with Crippen molar-refractivity contribution in [3.8, 4) is 0 Å². The third-order valence-electron chi connectivity index (χ3n) is 3.25. The van der Waals surface area contributed by atoms with Crippen LogP contribution in [-0.2, 0) is 13.0 Å². The zero-order chi connectivity index (χ0) is 15.2. The van der Waals surface area contributed by atoms with E-state index in [0.717, 1.165) is 18.5 Å². The highest BCUT2D eigenvalue weighted by molar-refractivity contribution is 7.11. The van der Waals surface area contributed by atoms with Gasteiger partial charge in [0.1, 0.15) is 0 Å². The van der Waals surface area contributed by atoms with Crippen LogP contribution in [0.3, 0.4) is 0 Å². The molecule has 0 saturated heterocycles. The SMILES string of the molecule is Cc1cccc(C(O)CNCc2cnc(CC(C)C)s2)c1. The molecule has 0 radical (unpaired) electrons. The second kappa shape index (κ2) is 7.69. The van der Waals surface area contributed by atoms with Gasteiger partial charge in [-0.15, -0.1) is 11.3 Å². The van der Waals surface area contributed by atoms with Crippen LogP contribution in [0.1, 0.15) is 41.0 Å². The van der Waals surface area contributed by atoms with Crippen LogP contribution < -0.4 is 5.32 Å². The van der Waals surface area contributed by atoms with Crippen LogP contribution in [0.25, 0.3) is 0 Å². The van der Waals surface area contributed by atoms with Crippen LogP contribution in [0.5, 0.6) is 0 Å². The summed E-state index contributed by atoms with van der Waals surface area (Å²) in [5, 5.41) is 14.7. The molecule has 0 aliphatic heterocycles. The minimum Gasteiger partial charge on any atom is -0.387 e. The van der Waals surface area contributed by atoms with E-state index >= 15 is 0 Å². The highest BCUT2D eigenvalue weighted by Gasteiger charge is 2.08. The number of aliphatic hydroxyl groups excluding tert-OH is 1. The van der Waals surface area contributed by atoms with Gasteiger partial charge in [0.25, 0.3) is 0 Å². The first-order chi connectivity index (χ1) is 10.0. The molecule has 4 heteroatoms. The van der Waals surface area contributed by atoms with Crippen LogP contribution in [0.15, 0.2) is 30.5 Å². The lowest BCUT2D eigenvalue weighted by atomic mass is 10.1. The standard InChI is InChI=1S/C17H24N2OS/c1-12(2)7-17-19-10-15(21-17)9-18-11-16(20)14-6-4-5-13(3)8-14/h4-6,8,10,12,16,18,20H,7,9,11H2,1-3H3. The Morgan fingerprint density at radius 2 is 2.14 bits per heavy atom. The molecule has 114 valence electrons. The first kappa shape index (κ1) is 16.1. The van der Waals surface area contributed by atoms with Crippen LogP contribution in [0, 0.1) is 12.8 Å². The van der Waals surface area contributed by atoms with Gasteiger partial charge in [0.2, 0.25) is 0 Å². The maximum absolute atomic E-state index is 10.2. The summed E-state index contributed by atoms with van der Waals surface area (Å²) in [6.45, 7) is 7.77. The summed E-state index contributed by atoms with van der Waals surface area (Å²) < 4.78 is 0.